The Morgan fingerprint density at radius 3 is 3.17 bits per heavy atom. The van der Waals surface area contributed by atoms with Gasteiger partial charge in [0.15, 0.2) is 0 Å². The molecular weight excluding hydrogens is 230 g/mol. The number of ether oxygens (including phenoxy) is 1. The van der Waals surface area contributed by atoms with Gasteiger partial charge in [-0.05, 0) is 6.92 Å². The summed E-state index contributed by atoms with van der Waals surface area (Å²) in [6.45, 7) is 4.63. The van der Waals surface area contributed by atoms with Crippen molar-refractivity contribution in [3.63, 3.8) is 0 Å². The molecule has 6 heteroatoms. The zero-order valence-corrected chi connectivity index (χ0v) is 10.3. The summed E-state index contributed by atoms with van der Waals surface area (Å²) in [6.07, 6.45) is 7.57. The third-order valence-corrected chi connectivity index (χ3v) is 3.37. The molecule has 6 nitrogen and oxygen atoms in total. The molecule has 3 rings (SSSR count). The Hall–Kier alpha value is -1.66. The minimum atomic E-state index is 0.0793. The number of aromatic amines is 1. The number of rotatable bonds is 3. The van der Waals surface area contributed by atoms with E-state index in [0.717, 1.165) is 31.0 Å². The van der Waals surface area contributed by atoms with Crippen LogP contribution in [0, 0.1) is 0 Å². The van der Waals surface area contributed by atoms with Crippen molar-refractivity contribution in [1.82, 2.24) is 25.1 Å². The van der Waals surface area contributed by atoms with E-state index in [-0.39, 0.29) is 12.1 Å². The number of morpholine rings is 1. The second-order valence-electron chi connectivity index (χ2n) is 4.50. The molecule has 0 aliphatic carbocycles. The first kappa shape index (κ1) is 11.4. The SMILES string of the molecule is CC(c1cn[nH]c1)n1cncc1C1CNCCO1. The van der Waals surface area contributed by atoms with Crippen LogP contribution in [0.5, 0.6) is 0 Å². The van der Waals surface area contributed by atoms with Gasteiger partial charge in [-0.1, -0.05) is 0 Å². The Balaban J connectivity index is 1.86. The van der Waals surface area contributed by atoms with Gasteiger partial charge in [0.2, 0.25) is 0 Å². The molecule has 0 spiro atoms. The molecule has 2 unspecified atom stereocenters. The quantitative estimate of drug-likeness (QED) is 0.844. The first-order valence-corrected chi connectivity index (χ1v) is 6.19. The van der Waals surface area contributed by atoms with Gasteiger partial charge in [-0.25, -0.2) is 4.98 Å². The summed E-state index contributed by atoms with van der Waals surface area (Å²) in [6, 6.07) is 0.201. The van der Waals surface area contributed by atoms with Crippen molar-refractivity contribution >= 4 is 0 Å². The highest BCUT2D eigenvalue weighted by atomic mass is 16.5. The van der Waals surface area contributed by atoms with Gasteiger partial charge in [0.25, 0.3) is 0 Å². The summed E-state index contributed by atoms with van der Waals surface area (Å²) in [4.78, 5) is 4.25. The summed E-state index contributed by atoms with van der Waals surface area (Å²) in [5, 5.41) is 10.2. The molecule has 1 aliphatic rings. The van der Waals surface area contributed by atoms with Crippen molar-refractivity contribution in [2.45, 2.75) is 19.1 Å². The molecule has 3 heterocycles. The molecular formula is C12H17N5O. The molecule has 2 aromatic rings. The largest absolute Gasteiger partial charge is 0.369 e. The van der Waals surface area contributed by atoms with E-state index >= 15 is 0 Å². The Labute approximate surface area is 105 Å². The zero-order chi connectivity index (χ0) is 12.4. The van der Waals surface area contributed by atoms with Crippen molar-refractivity contribution in [1.29, 1.82) is 0 Å². The average Bonchev–Trinajstić information content (AvgIpc) is 3.10. The predicted molar refractivity (Wildman–Crippen MR) is 66.2 cm³/mol. The molecule has 96 valence electrons. The summed E-state index contributed by atoms with van der Waals surface area (Å²) >= 11 is 0. The number of aromatic nitrogens is 4. The van der Waals surface area contributed by atoms with Gasteiger partial charge in [-0.15, -0.1) is 0 Å². The molecule has 0 radical (unpaired) electrons. The first-order valence-electron chi connectivity index (χ1n) is 6.19. The summed E-state index contributed by atoms with van der Waals surface area (Å²) in [5.74, 6) is 0. The Kier molecular flexibility index (Phi) is 3.12. The summed E-state index contributed by atoms with van der Waals surface area (Å²) in [5.41, 5.74) is 2.24. The number of nitrogens with one attached hydrogen (secondary N) is 2. The third-order valence-electron chi connectivity index (χ3n) is 3.37. The van der Waals surface area contributed by atoms with E-state index in [2.05, 4.69) is 32.0 Å². The number of imidazole rings is 1. The predicted octanol–water partition coefficient (Wildman–Crippen LogP) is 0.876. The number of H-pyrrole nitrogens is 1. The molecule has 0 amide bonds. The standard InChI is InChI=1S/C12H17N5O/c1-9(10-4-15-16-5-10)17-8-14-6-11(17)12-7-13-2-3-18-12/h4-6,8-9,12-13H,2-3,7H2,1H3,(H,15,16). The maximum atomic E-state index is 5.78. The molecule has 1 aliphatic heterocycles. The molecule has 1 saturated heterocycles. The lowest BCUT2D eigenvalue weighted by Gasteiger charge is -2.26. The topological polar surface area (TPSA) is 67.8 Å². The van der Waals surface area contributed by atoms with Gasteiger partial charge in [0.1, 0.15) is 6.10 Å². The van der Waals surface area contributed by atoms with E-state index in [0.29, 0.717) is 0 Å². The minimum absolute atomic E-state index is 0.0793. The second-order valence-corrected chi connectivity index (χ2v) is 4.50. The van der Waals surface area contributed by atoms with Crippen LogP contribution in [0.4, 0.5) is 0 Å². The van der Waals surface area contributed by atoms with Crippen molar-refractivity contribution in [2.75, 3.05) is 19.7 Å². The van der Waals surface area contributed by atoms with Crippen molar-refractivity contribution in [2.24, 2.45) is 0 Å². The molecule has 0 saturated carbocycles. The molecule has 18 heavy (non-hydrogen) atoms. The molecule has 2 N–H and O–H groups in total. The summed E-state index contributed by atoms with van der Waals surface area (Å²) < 4.78 is 7.93. The van der Waals surface area contributed by atoms with E-state index in [1.165, 1.54) is 0 Å². The van der Waals surface area contributed by atoms with Gasteiger partial charge >= 0.3 is 0 Å². The van der Waals surface area contributed by atoms with Gasteiger partial charge in [0.05, 0.1) is 37.1 Å². The van der Waals surface area contributed by atoms with Crippen molar-refractivity contribution in [3.05, 3.63) is 36.2 Å². The second kappa shape index (κ2) is 4.91. The van der Waals surface area contributed by atoms with Gasteiger partial charge in [0, 0.05) is 24.8 Å². The highest BCUT2D eigenvalue weighted by molar-refractivity contribution is 5.15. The third kappa shape index (κ3) is 2.04. The normalized spacial score (nSPS) is 21.9. The van der Waals surface area contributed by atoms with Crippen molar-refractivity contribution in [3.8, 4) is 0 Å². The van der Waals surface area contributed by atoms with Crippen LogP contribution in [-0.2, 0) is 4.74 Å². The Morgan fingerprint density at radius 2 is 2.44 bits per heavy atom. The van der Waals surface area contributed by atoms with Crippen LogP contribution in [0.1, 0.15) is 30.3 Å². The molecule has 2 aromatic heterocycles. The average molecular weight is 247 g/mol. The monoisotopic (exact) mass is 247 g/mol. The van der Waals surface area contributed by atoms with Crippen LogP contribution in [0.15, 0.2) is 24.9 Å². The van der Waals surface area contributed by atoms with Gasteiger partial charge in [-0.2, -0.15) is 5.10 Å². The molecule has 0 aromatic carbocycles. The van der Waals surface area contributed by atoms with Crippen LogP contribution in [0.3, 0.4) is 0 Å². The lowest BCUT2D eigenvalue weighted by molar-refractivity contribution is 0.0224. The smallest absolute Gasteiger partial charge is 0.111 e. The fourth-order valence-corrected chi connectivity index (χ4v) is 2.29. The van der Waals surface area contributed by atoms with Gasteiger partial charge in [-0.3, -0.25) is 5.10 Å². The fourth-order valence-electron chi connectivity index (χ4n) is 2.29. The van der Waals surface area contributed by atoms with Gasteiger partial charge < -0.3 is 14.6 Å². The number of nitrogens with zero attached hydrogens (tertiary/aromatic N) is 3. The van der Waals surface area contributed by atoms with Crippen LogP contribution >= 0.6 is 0 Å². The molecule has 2 atom stereocenters. The molecule has 0 bridgehead atoms. The first-order chi connectivity index (χ1) is 8.86. The highest BCUT2D eigenvalue weighted by Crippen LogP contribution is 2.24. The Bertz CT molecular complexity index is 486. The Morgan fingerprint density at radius 1 is 1.50 bits per heavy atom. The maximum Gasteiger partial charge on any atom is 0.111 e. The van der Waals surface area contributed by atoms with Crippen molar-refractivity contribution < 1.29 is 4.74 Å². The van der Waals surface area contributed by atoms with E-state index in [1.807, 2.05) is 24.9 Å². The van der Waals surface area contributed by atoms with E-state index in [4.69, 9.17) is 4.74 Å². The van der Waals surface area contributed by atoms with Crippen LogP contribution in [0.2, 0.25) is 0 Å². The van der Waals surface area contributed by atoms with Crippen LogP contribution in [0.25, 0.3) is 0 Å². The summed E-state index contributed by atoms with van der Waals surface area (Å²) in [7, 11) is 0. The fraction of sp³-hybridized carbons (Fsp3) is 0.500. The number of hydrogen-bond acceptors (Lipinski definition) is 4. The van der Waals surface area contributed by atoms with Crippen LogP contribution in [-0.4, -0.2) is 39.4 Å². The van der Waals surface area contributed by atoms with E-state index in [1.54, 1.807) is 0 Å². The lowest BCUT2D eigenvalue weighted by Crippen LogP contribution is -2.34. The van der Waals surface area contributed by atoms with E-state index < -0.39 is 0 Å². The molecule has 1 fully saturated rings. The lowest BCUT2D eigenvalue weighted by atomic mass is 10.1. The van der Waals surface area contributed by atoms with E-state index in [9.17, 15) is 0 Å². The maximum absolute atomic E-state index is 5.78. The zero-order valence-electron chi connectivity index (χ0n) is 10.3. The number of hydrogen-bond donors (Lipinski definition) is 2. The highest BCUT2D eigenvalue weighted by Gasteiger charge is 2.22. The minimum Gasteiger partial charge on any atom is -0.369 e. The van der Waals surface area contributed by atoms with Crippen LogP contribution < -0.4 is 5.32 Å².